The van der Waals surface area contributed by atoms with Gasteiger partial charge in [0, 0.05) is 13.5 Å². The van der Waals surface area contributed by atoms with E-state index >= 15 is 0 Å². The lowest BCUT2D eigenvalue weighted by molar-refractivity contribution is 0.108. The van der Waals surface area contributed by atoms with Crippen LogP contribution in [0.3, 0.4) is 0 Å². The van der Waals surface area contributed by atoms with E-state index in [1.807, 2.05) is 26.0 Å². The second-order valence-electron chi connectivity index (χ2n) is 3.59. The minimum absolute atomic E-state index is 0.0321. The molecule has 0 aliphatic heterocycles. The summed E-state index contributed by atoms with van der Waals surface area (Å²) in [6.07, 6.45) is 2.03. The van der Waals surface area contributed by atoms with Crippen LogP contribution < -0.4 is 0 Å². The third-order valence-electron chi connectivity index (χ3n) is 2.16. The van der Waals surface area contributed by atoms with Crippen LogP contribution in [0.2, 0.25) is 0 Å². The van der Waals surface area contributed by atoms with Gasteiger partial charge in [0.2, 0.25) is 0 Å². The molecule has 0 fully saturated rings. The van der Waals surface area contributed by atoms with Gasteiger partial charge in [-0.15, -0.1) is 0 Å². The van der Waals surface area contributed by atoms with Crippen molar-refractivity contribution in [3.05, 3.63) is 0 Å². The van der Waals surface area contributed by atoms with Gasteiger partial charge in [0.25, 0.3) is 0 Å². The number of ether oxygens (including phenoxy) is 1. The predicted molar refractivity (Wildman–Crippen MR) is 59.7 cm³/mol. The summed E-state index contributed by atoms with van der Waals surface area (Å²) >= 11 is 0. The van der Waals surface area contributed by atoms with Gasteiger partial charge in [-0.2, -0.15) is 20.8 Å². The molecule has 0 heterocycles. The van der Waals surface area contributed by atoms with Gasteiger partial charge >= 0.3 is 0 Å². The van der Waals surface area contributed by atoms with Crippen LogP contribution in [0.5, 0.6) is 0 Å². The molecule has 3 unspecified atom stereocenters. The number of rotatable bonds is 7. The molecule has 5 heteroatoms. The highest BCUT2D eigenvalue weighted by molar-refractivity contribution is 4.93. The highest BCUT2D eigenvalue weighted by atomic mass is 16.5. The molecule has 0 aliphatic carbocycles. The molecule has 0 amide bonds. The van der Waals surface area contributed by atoms with Crippen LogP contribution in [0.1, 0.15) is 33.1 Å². The monoisotopic (exact) mass is 222 g/mol. The maximum atomic E-state index is 8.84. The Morgan fingerprint density at radius 1 is 1.19 bits per heavy atom. The van der Waals surface area contributed by atoms with Gasteiger partial charge in [0.05, 0.1) is 18.2 Å². The van der Waals surface area contributed by atoms with Crippen molar-refractivity contribution >= 4 is 0 Å². The minimum Gasteiger partial charge on any atom is -0.382 e. The Morgan fingerprint density at radius 3 is 2.19 bits per heavy atom. The lowest BCUT2D eigenvalue weighted by Crippen LogP contribution is -2.14. The van der Waals surface area contributed by atoms with Gasteiger partial charge in [-0.05, 0) is 13.3 Å². The maximum Gasteiger partial charge on any atom is 0.159 e. The summed E-state index contributed by atoms with van der Waals surface area (Å²) in [6.45, 7) is 3.85. The van der Waals surface area contributed by atoms with Crippen molar-refractivity contribution in [2.24, 2.45) is 10.2 Å². The summed E-state index contributed by atoms with van der Waals surface area (Å²) in [5.74, 6) is 0. The average molecular weight is 222 g/mol. The first-order valence-electron chi connectivity index (χ1n) is 5.39. The fourth-order valence-corrected chi connectivity index (χ4v) is 1.12. The zero-order chi connectivity index (χ0) is 12.4. The number of nitriles is 2. The van der Waals surface area contributed by atoms with Crippen LogP contribution >= 0.6 is 0 Å². The predicted octanol–water partition coefficient (Wildman–Crippen LogP) is 2.45. The molecule has 0 saturated carbocycles. The van der Waals surface area contributed by atoms with E-state index < -0.39 is 12.1 Å². The fraction of sp³-hybridized carbons (Fsp3) is 0.818. The summed E-state index contributed by atoms with van der Waals surface area (Å²) < 4.78 is 5.05. The van der Waals surface area contributed by atoms with E-state index in [0.717, 1.165) is 6.42 Å². The molecule has 0 saturated heterocycles. The lowest BCUT2D eigenvalue weighted by Gasteiger charge is -2.10. The Balaban J connectivity index is 4.26. The Hall–Kier alpha value is -1.46. The smallest absolute Gasteiger partial charge is 0.159 e. The zero-order valence-electron chi connectivity index (χ0n) is 10.1. The van der Waals surface area contributed by atoms with Crippen LogP contribution in [0.25, 0.3) is 0 Å². The first kappa shape index (κ1) is 14.5. The van der Waals surface area contributed by atoms with E-state index in [0.29, 0.717) is 12.8 Å². The molecule has 3 atom stereocenters. The van der Waals surface area contributed by atoms with Crippen molar-refractivity contribution in [1.29, 1.82) is 10.5 Å². The maximum absolute atomic E-state index is 8.84. The first-order chi connectivity index (χ1) is 7.67. The Bertz CT molecular complexity index is 289. The van der Waals surface area contributed by atoms with Crippen LogP contribution in [0, 0.1) is 22.7 Å². The molecule has 0 aromatic carbocycles. The summed E-state index contributed by atoms with van der Waals surface area (Å²) in [6, 6.07) is 3.13. The second-order valence-corrected chi connectivity index (χ2v) is 3.59. The van der Waals surface area contributed by atoms with E-state index in [9.17, 15) is 0 Å². The number of methoxy groups -OCH3 is 1. The van der Waals surface area contributed by atoms with Crippen molar-refractivity contribution in [1.82, 2.24) is 0 Å². The zero-order valence-corrected chi connectivity index (χ0v) is 10.1. The Kier molecular flexibility index (Phi) is 8.01. The third-order valence-corrected chi connectivity index (χ3v) is 2.16. The second kappa shape index (κ2) is 8.82. The van der Waals surface area contributed by atoms with E-state index in [1.165, 1.54) is 0 Å². The Labute approximate surface area is 96.7 Å². The molecule has 88 valence electrons. The molecular weight excluding hydrogens is 204 g/mol. The van der Waals surface area contributed by atoms with E-state index in [2.05, 4.69) is 10.2 Å². The van der Waals surface area contributed by atoms with E-state index in [-0.39, 0.29) is 6.10 Å². The highest BCUT2D eigenvalue weighted by Crippen LogP contribution is 2.08. The van der Waals surface area contributed by atoms with Gasteiger partial charge in [-0.25, -0.2) is 0 Å². The highest BCUT2D eigenvalue weighted by Gasteiger charge is 2.12. The Morgan fingerprint density at radius 2 is 1.75 bits per heavy atom. The average Bonchev–Trinajstić information content (AvgIpc) is 2.32. The van der Waals surface area contributed by atoms with Crippen molar-refractivity contribution in [3.63, 3.8) is 0 Å². The van der Waals surface area contributed by atoms with Crippen molar-refractivity contribution in [2.75, 3.05) is 7.11 Å². The van der Waals surface area contributed by atoms with Crippen LogP contribution in [-0.4, -0.2) is 25.3 Å². The molecule has 0 bridgehead atoms. The topological polar surface area (TPSA) is 81.5 Å². The molecule has 0 radical (unpaired) electrons. The number of azo groups is 1. The largest absolute Gasteiger partial charge is 0.382 e. The summed E-state index contributed by atoms with van der Waals surface area (Å²) in [7, 11) is 1.59. The number of hydrogen-bond acceptors (Lipinski definition) is 5. The van der Waals surface area contributed by atoms with E-state index in [4.69, 9.17) is 15.3 Å². The van der Waals surface area contributed by atoms with Crippen LogP contribution in [0.15, 0.2) is 10.2 Å². The molecular formula is C11H18N4O. The molecule has 0 aromatic heterocycles. The van der Waals surface area contributed by atoms with Gasteiger partial charge in [-0.1, -0.05) is 13.3 Å². The molecule has 0 aromatic rings. The molecule has 0 N–H and O–H groups in total. The number of hydrogen-bond donors (Lipinski definition) is 0. The van der Waals surface area contributed by atoms with Crippen LogP contribution in [-0.2, 0) is 4.74 Å². The summed E-state index contributed by atoms with van der Waals surface area (Å²) in [5, 5.41) is 25.4. The van der Waals surface area contributed by atoms with Gasteiger partial charge in [0.15, 0.2) is 12.1 Å². The molecule has 0 spiro atoms. The molecule has 0 aliphatic rings. The number of nitrogens with zero attached hydrogens (tertiary/aromatic N) is 4. The quantitative estimate of drug-likeness (QED) is 0.620. The van der Waals surface area contributed by atoms with Gasteiger partial charge in [0.1, 0.15) is 0 Å². The molecule has 16 heavy (non-hydrogen) atoms. The normalized spacial score (nSPS) is 16.3. The van der Waals surface area contributed by atoms with Crippen molar-refractivity contribution in [3.8, 4) is 12.1 Å². The van der Waals surface area contributed by atoms with Crippen molar-refractivity contribution in [2.45, 2.75) is 51.3 Å². The van der Waals surface area contributed by atoms with Crippen molar-refractivity contribution < 1.29 is 4.74 Å². The standard InChI is InChI=1S/C11H18N4O/c1-4-5-10(7-12)14-15-11(8-13)6-9(2)16-3/h9-11H,4-6H2,1-3H3/b15-14+. The fourth-order valence-electron chi connectivity index (χ4n) is 1.12. The lowest BCUT2D eigenvalue weighted by atomic mass is 10.1. The third kappa shape index (κ3) is 6.10. The first-order valence-corrected chi connectivity index (χ1v) is 5.39. The minimum atomic E-state index is -0.525. The SMILES string of the molecule is CCCC(C#N)/N=N/C(C#N)CC(C)OC. The van der Waals surface area contributed by atoms with Gasteiger partial charge < -0.3 is 4.74 Å². The summed E-state index contributed by atoms with van der Waals surface area (Å²) in [5.41, 5.74) is 0. The summed E-state index contributed by atoms with van der Waals surface area (Å²) in [4.78, 5) is 0. The molecule has 5 nitrogen and oxygen atoms in total. The van der Waals surface area contributed by atoms with Crippen LogP contribution in [0.4, 0.5) is 0 Å². The van der Waals surface area contributed by atoms with E-state index in [1.54, 1.807) is 7.11 Å². The molecule has 0 rings (SSSR count). The van der Waals surface area contributed by atoms with Gasteiger partial charge in [-0.3, -0.25) is 0 Å².